The Bertz CT molecular complexity index is 499. The number of carbonyl (C=O) groups excluding carboxylic acids is 1. The van der Waals surface area contributed by atoms with E-state index < -0.39 is 11.9 Å². The minimum Gasteiger partial charge on any atom is -0.381 e. The van der Waals surface area contributed by atoms with Crippen molar-refractivity contribution in [3.05, 3.63) is 16.1 Å². The highest BCUT2D eigenvalue weighted by Crippen LogP contribution is 2.30. The largest absolute Gasteiger partial charge is 0.434 e. The minimum absolute atomic E-state index is 0.0560. The molecule has 8 heteroatoms. The predicted molar refractivity (Wildman–Crippen MR) is 76.5 cm³/mol. The van der Waals surface area contributed by atoms with Crippen LogP contribution < -0.4 is 5.32 Å². The molecule has 1 aliphatic heterocycles. The van der Waals surface area contributed by atoms with E-state index in [1.165, 1.54) is 0 Å². The highest BCUT2D eigenvalue weighted by atomic mass is 32.1. The number of nitrogens with zero attached hydrogens (tertiary/aromatic N) is 1. The summed E-state index contributed by atoms with van der Waals surface area (Å²) < 4.78 is 42.6. The molecule has 0 radical (unpaired) electrons. The van der Waals surface area contributed by atoms with E-state index in [4.69, 9.17) is 4.74 Å². The van der Waals surface area contributed by atoms with E-state index in [0.29, 0.717) is 37.1 Å². The molecule has 0 spiro atoms. The van der Waals surface area contributed by atoms with Crippen molar-refractivity contribution in [3.63, 3.8) is 0 Å². The van der Waals surface area contributed by atoms with Gasteiger partial charge in [0.25, 0.3) is 0 Å². The monoisotopic (exact) mass is 336 g/mol. The summed E-state index contributed by atoms with van der Waals surface area (Å²) in [6.45, 7) is 3.55. The van der Waals surface area contributed by atoms with Crippen LogP contribution in [0.5, 0.6) is 0 Å². The topological polar surface area (TPSA) is 51.2 Å². The van der Waals surface area contributed by atoms with Gasteiger partial charge in [0.1, 0.15) is 0 Å². The van der Waals surface area contributed by atoms with Crippen molar-refractivity contribution >= 4 is 17.2 Å². The van der Waals surface area contributed by atoms with Crippen LogP contribution in [0.3, 0.4) is 0 Å². The molecule has 0 unspecified atom stereocenters. The molecule has 1 fully saturated rings. The van der Waals surface area contributed by atoms with Gasteiger partial charge in [-0.3, -0.25) is 4.79 Å². The number of carbonyl (C=O) groups is 1. The molecule has 1 N–H and O–H groups in total. The molecule has 1 atom stereocenters. The van der Waals surface area contributed by atoms with E-state index >= 15 is 0 Å². The number of hydrogen-bond acceptors (Lipinski definition) is 4. The maximum Gasteiger partial charge on any atom is 0.434 e. The minimum atomic E-state index is -4.41. The van der Waals surface area contributed by atoms with Crippen LogP contribution in [0.25, 0.3) is 0 Å². The Morgan fingerprint density at radius 2 is 2.18 bits per heavy atom. The molecule has 1 saturated heterocycles. The van der Waals surface area contributed by atoms with E-state index in [2.05, 4.69) is 10.3 Å². The lowest BCUT2D eigenvalue weighted by Crippen LogP contribution is -2.36. The lowest BCUT2D eigenvalue weighted by Gasteiger charge is -2.26. The zero-order valence-corrected chi connectivity index (χ0v) is 13.1. The molecule has 22 heavy (non-hydrogen) atoms. The van der Waals surface area contributed by atoms with E-state index in [1.54, 1.807) is 0 Å². The average Bonchev–Trinajstić information content (AvgIpc) is 2.96. The van der Waals surface area contributed by atoms with Crippen molar-refractivity contribution < 1.29 is 22.7 Å². The lowest BCUT2D eigenvalue weighted by atomic mass is 9.87. The van der Waals surface area contributed by atoms with Gasteiger partial charge in [0.05, 0.1) is 5.01 Å². The summed E-state index contributed by atoms with van der Waals surface area (Å²) in [5.41, 5.74) is -0.866. The highest BCUT2D eigenvalue weighted by molar-refractivity contribution is 7.09. The van der Waals surface area contributed by atoms with Crippen LogP contribution in [0.4, 0.5) is 13.2 Å². The second-order valence-electron chi connectivity index (χ2n) is 5.40. The summed E-state index contributed by atoms with van der Waals surface area (Å²) in [5, 5.41) is 4.16. The number of amides is 1. The molecule has 1 aromatic rings. The smallest absolute Gasteiger partial charge is 0.381 e. The van der Waals surface area contributed by atoms with Gasteiger partial charge < -0.3 is 10.1 Å². The molecule has 1 aromatic heterocycles. The van der Waals surface area contributed by atoms with Crippen molar-refractivity contribution in [2.75, 3.05) is 19.8 Å². The van der Waals surface area contributed by atoms with E-state index in [0.717, 1.165) is 29.6 Å². The van der Waals surface area contributed by atoms with Crippen LogP contribution >= 0.6 is 11.3 Å². The number of alkyl halides is 3. The lowest BCUT2D eigenvalue weighted by molar-refractivity contribution is -0.140. The molecule has 4 nitrogen and oxygen atoms in total. The quantitative estimate of drug-likeness (QED) is 0.899. The molecular formula is C14H19F3N2O2S. The first-order valence-corrected chi connectivity index (χ1v) is 8.13. The zero-order valence-electron chi connectivity index (χ0n) is 12.3. The first kappa shape index (κ1) is 17.2. The summed E-state index contributed by atoms with van der Waals surface area (Å²) in [5.74, 6) is 0.149. The summed E-state index contributed by atoms with van der Waals surface area (Å²) in [6.07, 6.45) is -2.35. The molecule has 1 aliphatic rings. The van der Waals surface area contributed by atoms with E-state index in [-0.39, 0.29) is 11.8 Å². The Balaban J connectivity index is 1.75. The van der Waals surface area contributed by atoms with Crippen molar-refractivity contribution in [2.24, 2.45) is 11.8 Å². The SMILES string of the molecule is C[C@H](C(=O)NCCc1nc(C(F)(F)F)cs1)C1CCOCC1. The van der Waals surface area contributed by atoms with Gasteiger partial charge in [-0.15, -0.1) is 11.3 Å². The molecular weight excluding hydrogens is 317 g/mol. The first-order valence-electron chi connectivity index (χ1n) is 7.25. The Hall–Kier alpha value is -1.15. The number of thiazole rings is 1. The Kier molecular flexibility index (Phi) is 5.80. The van der Waals surface area contributed by atoms with Gasteiger partial charge >= 0.3 is 6.18 Å². The summed E-state index contributed by atoms with van der Waals surface area (Å²) in [7, 11) is 0. The molecule has 0 aromatic carbocycles. The normalized spacial score (nSPS) is 18.2. The third kappa shape index (κ3) is 4.67. The van der Waals surface area contributed by atoms with E-state index in [1.807, 2.05) is 6.92 Å². The number of ether oxygens (including phenoxy) is 1. The molecule has 0 bridgehead atoms. The van der Waals surface area contributed by atoms with Gasteiger partial charge in [-0.1, -0.05) is 6.92 Å². The standard InChI is InChI=1S/C14H19F3N2O2S/c1-9(10-3-6-21-7-4-10)13(20)18-5-2-12-19-11(8-22-12)14(15,16)17/h8-10H,2-7H2,1H3,(H,18,20)/t9-/m0/s1. The van der Waals surface area contributed by atoms with Gasteiger partial charge in [0, 0.05) is 37.5 Å². The van der Waals surface area contributed by atoms with Crippen LogP contribution in [-0.4, -0.2) is 30.6 Å². The molecule has 2 rings (SSSR count). The van der Waals surface area contributed by atoms with Gasteiger partial charge in [-0.2, -0.15) is 13.2 Å². The van der Waals surface area contributed by atoms with Crippen molar-refractivity contribution in [3.8, 4) is 0 Å². The second kappa shape index (κ2) is 7.41. The predicted octanol–water partition coefficient (Wildman–Crippen LogP) is 2.88. The third-order valence-corrected chi connectivity index (χ3v) is 4.78. The van der Waals surface area contributed by atoms with Crippen molar-refractivity contribution in [1.82, 2.24) is 10.3 Å². The fourth-order valence-corrected chi connectivity index (χ4v) is 3.24. The van der Waals surface area contributed by atoms with Gasteiger partial charge in [0.2, 0.25) is 5.91 Å². The summed E-state index contributed by atoms with van der Waals surface area (Å²) in [6, 6.07) is 0. The molecule has 0 aliphatic carbocycles. The van der Waals surface area contributed by atoms with E-state index in [9.17, 15) is 18.0 Å². The van der Waals surface area contributed by atoms with Crippen LogP contribution in [0.1, 0.15) is 30.5 Å². The maximum atomic E-state index is 12.4. The van der Waals surface area contributed by atoms with Crippen LogP contribution in [-0.2, 0) is 22.1 Å². The van der Waals surface area contributed by atoms with Gasteiger partial charge in [-0.05, 0) is 18.8 Å². The fourth-order valence-electron chi connectivity index (χ4n) is 2.44. The maximum absolute atomic E-state index is 12.4. The van der Waals surface area contributed by atoms with Crippen molar-refractivity contribution in [1.29, 1.82) is 0 Å². The van der Waals surface area contributed by atoms with Crippen LogP contribution in [0.2, 0.25) is 0 Å². The fraction of sp³-hybridized carbons (Fsp3) is 0.714. The second-order valence-corrected chi connectivity index (χ2v) is 6.35. The summed E-state index contributed by atoms with van der Waals surface area (Å²) >= 11 is 0.966. The third-order valence-electron chi connectivity index (χ3n) is 3.87. The first-order chi connectivity index (χ1) is 10.4. The number of halogens is 3. The molecule has 0 saturated carbocycles. The number of rotatable bonds is 5. The van der Waals surface area contributed by atoms with Crippen LogP contribution in [0.15, 0.2) is 5.38 Å². The van der Waals surface area contributed by atoms with Crippen molar-refractivity contribution in [2.45, 2.75) is 32.4 Å². The van der Waals surface area contributed by atoms with Gasteiger partial charge in [0.15, 0.2) is 5.69 Å². The Morgan fingerprint density at radius 3 is 2.77 bits per heavy atom. The summed E-state index contributed by atoms with van der Waals surface area (Å²) in [4.78, 5) is 15.6. The molecule has 1 amide bonds. The van der Waals surface area contributed by atoms with Gasteiger partial charge in [-0.25, -0.2) is 4.98 Å². The Labute approximate surface area is 131 Å². The number of nitrogens with one attached hydrogen (secondary N) is 1. The molecule has 124 valence electrons. The zero-order chi connectivity index (χ0) is 16.2. The van der Waals surface area contributed by atoms with Crippen LogP contribution in [0, 0.1) is 11.8 Å². The number of hydrogen-bond donors (Lipinski definition) is 1. The Morgan fingerprint density at radius 1 is 1.50 bits per heavy atom. The average molecular weight is 336 g/mol. The molecule has 2 heterocycles. The number of aromatic nitrogens is 1. The highest BCUT2D eigenvalue weighted by Gasteiger charge is 2.33.